The molecule has 6 heteroatoms. The Morgan fingerprint density at radius 3 is 2.84 bits per heavy atom. The van der Waals surface area contributed by atoms with Crippen LogP contribution >= 0.6 is 0 Å². The molecule has 0 aromatic carbocycles. The fourth-order valence-electron chi connectivity index (χ4n) is 3.76. The van der Waals surface area contributed by atoms with E-state index in [1.807, 2.05) is 12.1 Å². The van der Waals surface area contributed by atoms with E-state index in [1.165, 1.54) is 19.4 Å². The Labute approximate surface area is 148 Å². The highest BCUT2D eigenvalue weighted by Gasteiger charge is 2.41. The van der Waals surface area contributed by atoms with Crippen LogP contribution in [0.15, 0.2) is 29.0 Å². The third-order valence-electron chi connectivity index (χ3n) is 5.62. The smallest absolute Gasteiger partial charge is 0.259 e. The van der Waals surface area contributed by atoms with Gasteiger partial charge in [-0.25, -0.2) is 0 Å². The van der Waals surface area contributed by atoms with Gasteiger partial charge in [0.15, 0.2) is 5.82 Å². The van der Waals surface area contributed by atoms with Crippen molar-refractivity contribution in [3.63, 3.8) is 0 Å². The molecule has 0 bridgehead atoms. The molecule has 0 N–H and O–H groups in total. The summed E-state index contributed by atoms with van der Waals surface area (Å²) in [5.74, 6) is 2.32. The van der Waals surface area contributed by atoms with Crippen LogP contribution in [0.4, 0.5) is 0 Å². The minimum absolute atomic E-state index is 0.0416. The Morgan fingerprint density at radius 2 is 2.16 bits per heavy atom. The number of rotatable bonds is 7. The van der Waals surface area contributed by atoms with E-state index >= 15 is 0 Å². The summed E-state index contributed by atoms with van der Waals surface area (Å²) in [4.78, 5) is 11.5. The maximum atomic E-state index is 5.55. The van der Waals surface area contributed by atoms with Crippen LogP contribution in [-0.2, 0) is 10.2 Å². The maximum Gasteiger partial charge on any atom is 0.259 e. The molecule has 2 fully saturated rings. The van der Waals surface area contributed by atoms with Crippen molar-refractivity contribution in [2.24, 2.45) is 5.92 Å². The molecular weight excluding hydrogens is 316 g/mol. The van der Waals surface area contributed by atoms with Gasteiger partial charge in [0.05, 0.1) is 5.56 Å². The molecule has 0 radical (unpaired) electrons. The Balaban J connectivity index is 1.52. The third kappa shape index (κ3) is 3.75. The standard InChI is InChI=1S/C19H26N4O2/c1-24-12-8-19(6-10-23(11-7-19)14-15-4-5-15)18-21-17(25-22-18)16-3-2-9-20-13-16/h2-3,9,13,15H,4-8,10-12,14H2,1H3. The van der Waals surface area contributed by atoms with Crippen LogP contribution in [-0.4, -0.2) is 53.4 Å². The van der Waals surface area contributed by atoms with Gasteiger partial charge in [0.25, 0.3) is 5.89 Å². The summed E-state index contributed by atoms with van der Waals surface area (Å²) < 4.78 is 10.9. The molecule has 0 spiro atoms. The number of piperidine rings is 1. The molecular formula is C19H26N4O2. The summed E-state index contributed by atoms with van der Waals surface area (Å²) in [6.07, 6.45) is 9.39. The molecule has 3 heterocycles. The average Bonchev–Trinajstić information content (AvgIpc) is 3.33. The fourth-order valence-corrected chi connectivity index (χ4v) is 3.76. The van der Waals surface area contributed by atoms with E-state index in [9.17, 15) is 0 Å². The maximum absolute atomic E-state index is 5.55. The molecule has 0 unspecified atom stereocenters. The van der Waals surface area contributed by atoms with Gasteiger partial charge in [-0.2, -0.15) is 4.98 Å². The number of methoxy groups -OCH3 is 1. The van der Waals surface area contributed by atoms with Gasteiger partial charge in [0.1, 0.15) is 0 Å². The summed E-state index contributed by atoms with van der Waals surface area (Å²) in [6.45, 7) is 4.20. The Bertz CT molecular complexity index is 676. The largest absolute Gasteiger partial charge is 0.385 e. The molecule has 1 saturated carbocycles. The van der Waals surface area contributed by atoms with Crippen molar-refractivity contribution in [2.75, 3.05) is 33.4 Å². The number of likely N-dealkylation sites (tertiary alicyclic amines) is 1. The molecule has 1 aliphatic heterocycles. The zero-order chi connectivity index (χ0) is 17.1. The summed E-state index contributed by atoms with van der Waals surface area (Å²) in [5, 5.41) is 4.35. The van der Waals surface area contributed by atoms with Crippen LogP contribution in [0.25, 0.3) is 11.5 Å². The molecule has 6 nitrogen and oxygen atoms in total. The summed E-state index contributed by atoms with van der Waals surface area (Å²) in [6, 6.07) is 3.83. The van der Waals surface area contributed by atoms with E-state index in [0.717, 1.165) is 56.3 Å². The molecule has 2 aromatic heterocycles. The van der Waals surface area contributed by atoms with Crippen LogP contribution in [0.5, 0.6) is 0 Å². The van der Waals surface area contributed by atoms with Gasteiger partial charge >= 0.3 is 0 Å². The molecule has 0 amide bonds. The summed E-state index contributed by atoms with van der Waals surface area (Å²) in [7, 11) is 1.76. The van der Waals surface area contributed by atoms with Crippen molar-refractivity contribution in [3.8, 4) is 11.5 Å². The van der Waals surface area contributed by atoms with Crippen molar-refractivity contribution >= 4 is 0 Å². The van der Waals surface area contributed by atoms with Gasteiger partial charge in [-0.15, -0.1) is 0 Å². The first-order chi connectivity index (χ1) is 12.3. The third-order valence-corrected chi connectivity index (χ3v) is 5.62. The first kappa shape index (κ1) is 16.7. The average molecular weight is 342 g/mol. The van der Waals surface area contributed by atoms with Gasteiger partial charge in [-0.3, -0.25) is 4.98 Å². The zero-order valence-electron chi connectivity index (χ0n) is 14.9. The fraction of sp³-hybridized carbons (Fsp3) is 0.632. The van der Waals surface area contributed by atoms with E-state index in [0.29, 0.717) is 5.89 Å². The first-order valence-corrected chi connectivity index (χ1v) is 9.25. The lowest BCUT2D eigenvalue weighted by Gasteiger charge is -2.39. The van der Waals surface area contributed by atoms with Crippen LogP contribution < -0.4 is 0 Å². The summed E-state index contributed by atoms with van der Waals surface area (Å²) in [5.41, 5.74) is 0.828. The van der Waals surface area contributed by atoms with Gasteiger partial charge in [-0.05, 0) is 63.2 Å². The minimum Gasteiger partial charge on any atom is -0.385 e. The Kier molecular flexibility index (Phi) is 4.81. The number of hydrogen-bond donors (Lipinski definition) is 0. The lowest BCUT2D eigenvalue weighted by Crippen LogP contribution is -2.44. The number of nitrogens with zero attached hydrogens (tertiary/aromatic N) is 4. The number of aromatic nitrogens is 3. The number of hydrogen-bond acceptors (Lipinski definition) is 6. The Hall–Kier alpha value is -1.79. The van der Waals surface area contributed by atoms with Crippen molar-refractivity contribution in [3.05, 3.63) is 30.4 Å². The molecule has 4 rings (SSSR count). The quantitative estimate of drug-likeness (QED) is 0.771. The molecule has 1 saturated heterocycles. The second-order valence-corrected chi connectivity index (χ2v) is 7.43. The second-order valence-electron chi connectivity index (χ2n) is 7.43. The molecule has 0 atom stereocenters. The van der Waals surface area contributed by atoms with Crippen LogP contribution in [0, 0.1) is 5.92 Å². The van der Waals surface area contributed by atoms with Gasteiger partial charge < -0.3 is 14.2 Å². The van der Waals surface area contributed by atoms with E-state index in [2.05, 4.69) is 15.0 Å². The van der Waals surface area contributed by atoms with Crippen molar-refractivity contribution in [1.29, 1.82) is 0 Å². The van der Waals surface area contributed by atoms with E-state index < -0.39 is 0 Å². The number of pyridine rings is 1. The van der Waals surface area contributed by atoms with E-state index in [1.54, 1.807) is 19.5 Å². The zero-order valence-corrected chi connectivity index (χ0v) is 14.9. The number of ether oxygens (including phenoxy) is 1. The highest BCUT2D eigenvalue weighted by Crippen LogP contribution is 2.39. The van der Waals surface area contributed by atoms with Gasteiger partial charge in [0, 0.05) is 38.1 Å². The monoisotopic (exact) mass is 342 g/mol. The summed E-state index contributed by atoms with van der Waals surface area (Å²) >= 11 is 0. The molecule has 2 aromatic rings. The predicted molar refractivity (Wildman–Crippen MR) is 94.1 cm³/mol. The molecule has 2 aliphatic rings. The predicted octanol–water partition coefficient (Wildman–Crippen LogP) is 2.91. The topological polar surface area (TPSA) is 64.3 Å². The molecule has 1 aliphatic carbocycles. The first-order valence-electron chi connectivity index (χ1n) is 9.25. The van der Waals surface area contributed by atoms with Crippen molar-refractivity contribution in [2.45, 2.75) is 37.5 Å². The van der Waals surface area contributed by atoms with Crippen molar-refractivity contribution < 1.29 is 9.26 Å². The van der Waals surface area contributed by atoms with Crippen LogP contribution in [0.3, 0.4) is 0 Å². The highest BCUT2D eigenvalue weighted by atomic mass is 16.5. The Morgan fingerprint density at radius 1 is 1.32 bits per heavy atom. The van der Waals surface area contributed by atoms with E-state index in [4.69, 9.17) is 14.2 Å². The lowest BCUT2D eigenvalue weighted by atomic mass is 9.75. The van der Waals surface area contributed by atoms with E-state index in [-0.39, 0.29) is 5.41 Å². The normalized spacial score (nSPS) is 20.7. The minimum atomic E-state index is -0.0416. The lowest BCUT2D eigenvalue weighted by molar-refractivity contribution is 0.104. The highest BCUT2D eigenvalue weighted by molar-refractivity contribution is 5.50. The SMILES string of the molecule is COCCC1(c2noc(-c3cccnc3)n2)CCN(CC2CC2)CC1. The second kappa shape index (κ2) is 7.22. The van der Waals surface area contributed by atoms with Crippen LogP contribution in [0.2, 0.25) is 0 Å². The van der Waals surface area contributed by atoms with Gasteiger partial charge in [-0.1, -0.05) is 5.16 Å². The van der Waals surface area contributed by atoms with Crippen LogP contribution in [0.1, 0.15) is 37.9 Å². The molecule has 25 heavy (non-hydrogen) atoms. The molecule has 134 valence electrons. The van der Waals surface area contributed by atoms with Crippen molar-refractivity contribution in [1.82, 2.24) is 20.0 Å². The van der Waals surface area contributed by atoms with Gasteiger partial charge in [0.2, 0.25) is 0 Å².